The molecule has 1 heterocycles. The Hall–Kier alpha value is -4.43. The molecule has 0 aliphatic carbocycles. The van der Waals surface area contributed by atoms with E-state index in [1.165, 1.54) is 6.92 Å². The molecule has 0 unspecified atom stereocenters. The summed E-state index contributed by atoms with van der Waals surface area (Å²) in [5.41, 5.74) is 13.5. The van der Waals surface area contributed by atoms with Gasteiger partial charge in [-0.2, -0.15) is 0 Å². The fourth-order valence-corrected chi connectivity index (χ4v) is 5.08. The molecule has 232 valence electrons. The van der Waals surface area contributed by atoms with Crippen LogP contribution in [0.1, 0.15) is 49.8 Å². The lowest BCUT2D eigenvalue weighted by atomic mass is 10.0. The number of nitrogens with two attached hydrogens (primary N) is 2. The number of nitrogen functional groups attached to an aromatic ring is 1. The molecule has 9 N–H and O–H groups in total. The Labute approximate surface area is 250 Å². The standard InChI is InChI=1S/C29H39N7O6S/c1-3-13-42-21-9-10-23-22(15-21)20(17-33-23)14-25(36-43(40,41)4-2)29(39)35-24(11-12-26(30)37)28(38)34-16-18-5-7-19(8-6-18)27(31)32/h5-10,15,17,24-25,33,36H,3-4,11-14,16H2,1-2H3,(H2,30,37)(H3,31,32)(H,34,38)(H,35,39)/t24-,25-/m1/s1. The first-order valence-corrected chi connectivity index (χ1v) is 15.6. The summed E-state index contributed by atoms with van der Waals surface area (Å²) in [7, 11) is -3.82. The minimum Gasteiger partial charge on any atom is -0.494 e. The van der Waals surface area contributed by atoms with Crippen molar-refractivity contribution in [2.45, 2.75) is 58.2 Å². The number of aromatic amines is 1. The van der Waals surface area contributed by atoms with Crippen LogP contribution in [0.25, 0.3) is 10.9 Å². The summed E-state index contributed by atoms with van der Waals surface area (Å²) in [6.45, 7) is 4.08. The second-order valence-electron chi connectivity index (χ2n) is 10.0. The van der Waals surface area contributed by atoms with Gasteiger partial charge in [-0.25, -0.2) is 13.1 Å². The average molecular weight is 614 g/mol. The van der Waals surface area contributed by atoms with E-state index in [0.29, 0.717) is 29.0 Å². The van der Waals surface area contributed by atoms with Crippen molar-refractivity contribution in [3.63, 3.8) is 0 Å². The van der Waals surface area contributed by atoms with Gasteiger partial charge in [-0.05, 0) is 55.5 Å². The number of ether oxygens (including phenoxy) is 1. The number of aromatic nitrogens is 1. The van der Waals surface area contributed by atoms with Gasteiger partial charge in [0.25, 0.3) is 0 Å². The molecule has 3 rings (SSSR count). The molecule has 13 nitrogen and oxygen atoms in total. The van der Waals surface area contributed by atoms with Gasteiger partial charge in [-0.1, -0.05) is 31.2 Å². The maximum absolute atomic E-state index is 13.5. The first kappa shape index (κ1) is 33.1. The van der Waals surface area contributed by atoms with Crippen LogP contribution in [-0.4, -0.2) is 61.4 Å². The molecule has 0 bridgehead atoms. The van der Waals surface area contributed by atoms with Crippen molar-refractivity contribution in [1.82, 2.24) is 20.3 Å². The van der Waals surface area contributed by atoms with Gasteiger partial charge in [0.2, 0.25) is 27.7 Å². The van der Waals surface area contributed by atoms with E-state index in [9.17, 15) is 22.8 Å². The first-order chi connectivity index (χ1) is 20.4. The lowest BCUT2D eigenvalue weighted by molar-refractivity contribution is -0.130. The number of amidine groups is 1. The van der Waals surface area contributed by atoms with Crippen LogP contribution < -0.4 is 31.6 Å². The normalized spacial score (nSPS) is 12.8. The smallest absolute Gasteiger partial charge is 0.242 e. The van der Waals surface area contributed by atoms with E-state index in [1.54, 1.807) is 30.5 Å². The fourth-order valence-electron chi connectivity index (χ4n) is 4.29. The molecule has 0 radical (unpaired) electrons. The van der Waals surface area contributed by atoms with Crippen LogP contribution in [0.3, 0.4) is 0 Å². The second kappa shape index (κ2) is 15.2. The van der Waals surface area contributed by atoms with E-state index in [4.69, 9.17) is 21.6 Å². The molecule has 0 aliphatic rings. The molecule has 2 atom stereocenters. The number of H-pyrrole nitrogens is 1. The molecule has 1 aromatic heterocycles. The third-order valence-corrected chi connectivity index (χ3v) is 8.10. The molecule has 3 aromatic rings. The summed E-state index contributed by atoms with van der Waals surface area (Å²) >= 11 is 0. The lowest BCUT2D eigenvalue weighted by Crippen LogP contribution is -2.54. The molecule has 43 heavy (non-hydrogen) atoms. The summed E-state index contributed by atoms with van der Waals surface area (Å²) in [6.07, 6.45) is 2.24. The third kappa shape index (κ3) is 9.82. The van der Waals surface area contributed by atoms with E-state index in [2.05, 4.69) is 20.3 Å². The van der Waals surface area contributed by atoms with Crippen LogP contribution >= 0.6 is 0 Å². The number of amides is 3. The largest absolute Gasteiger partial charge is 0.494 e. The molecule has 0 fully saturated rings. The highest BCUT2D eigenvalue weighted by Gasteiger charge is 2.29. The van der Waals surface area contributed by atoms with Gasteiger partial charge in [-0.3, -0.25) is 19.8 Å². The number of sulfonamides is 1. The summed E-state index contributed by atoms with van der Waals surface area (Å²) < 4.78 is 33.3. The van der Waals surface area contributed by atoms with Crippen LogP contribution in [0.4, 0.5) is 0 Å². The van der Waals surface area contributed by atoms with Gasteiger partial charge >= 0.3 is 0 Å². The molecule has 0 spiro atoms. The first-order valence-electron chi connectivity index (χ1n) is 13.9. The van der Waals surface area contributed by atoms with Gasteiger partial charge in [0.15, 0.2) is 0 Å². The van der Waals surface area contributed by atoms with Gasteiger partial charge in [-0.15, -0.1) is 0 Å². The number of rotatable bonds is 17. The van der Waals surface area contributed by atoms with Crippen molar-refractivity contribution >= 4 is 44.5 Å². The zero-order chi connectivity index (χ0) is 31.6. The van der Waals surface area contributed by atoms with Crippen LogP contribution in [-0.2, 0) is 37.4 Å². The van der Waals surface area contributed by atoms with Crippen molar-refractivity contribution in [3.05, 3.63) is 65.4 Å². The Morgan fingerprint density at radius 2 is 1.74 bits per heavy atom. The summed E-state index contributed by atoms with van der Waals surface area (Å²) in [5.74, 6) is -1.67. The number of nitrogens with one attached hydrogen (secondary N) is 5. The second-order valence-corrected chi connectivity index (χ2v) is 12.1. The van der Waals surface area contributed by atoms with Crippen LogP contribution in [0.2, 0.25) is 0 Å². The number of carbonyl (C=O) groups is 3. The number of benzene rings is 2. The van der Waals surface area contributed by atoms with Crippen LogP contribution in [0.5, 0.6) is 5.75 Å². The lowest BCUT2D eigenvalue weighted by Gasteiger charge is -2.23. The van der Waals surface area contributed by atoms with Crippen LogP contribution in [0, 0.1) is 5.41 Å². The Kier molecular flexibility index (Phi) is 11.7. The maximum Gasteiger partial charge on any atom is 0.242 e. The fraction of sp³-hybridized carbons (Fsp3) is 0.379. The highest BCUT2D eigenvalue weighted by molar-refractivity contribution is 7.89. The third-order valence-electron chi connectivity index (χ3n) is 6.70. The molecule has 3 amide bonds. The predicted octanol–water partition coefficient (Wildman–Crippen LogP) is 1.16. The van der Waals surface area contributed by atoms with Gasteiger partial charge in [0.05, 0.1) is 12.4 Å². The molecule has 0 saturated carbocycles. The maximum atomic E-state index is 13.5. The average Bonchev–Trinajstić information content (AvgIpc) is 3.38. The number of carbonyl (C=O) groups excluding carboxylic acids is 3. The SMILES string of the molecule is CCCOc1ccc2[nH]cc(C[C@@H](NS(=O)(=O)CC)C(=O)N[C@H](CCC(N)=O)C(=O)NCc3ccc(C(=N)N)cc3)c2c1. The van der Waals surface area contributed by atoms with E-state index in [0.717, 1.165) is 17.3 Å². The van der Waals surface area contributed by atoms with E-state index >= 15 is 0 Å². The van der Waals surface area contributed by atoms with E-state index in [1.807, 2.05) is 25.1 Å². The van der Waals surface area contributed by atoms with Crippen molar-refractivity contribution in [3.8, 4) is 5.75 Å². The molecule has 2 aromatic carbocycles. The van der Waals surface area contributed by atoms with Crippen molar-refractivity contribution < 1.29 is 27.5 Å². The van der Waals surface area contributed by atoms with Gasteiger partial charge in [0.1, 0.15) is 23.7 Å². The minimum atomic E-state index is -3.82. The Morgan fingerprint density at radius 3 is 2.37 bits per heavy atom. The topological polar surface area (TPSA) is 222 Å². The van der Waals surface area contributed by atoms with Crippen LogP contribution in [0.15, 0.2) is 48.7 Å². The van der Waals surface area contributed by atoms with E-state index in [-0.39, 0.29) is 37.4 Å². The van der Waals surface area contributed by atoms with Gasteiger partial charge in [0, 0.05) is 35.6 Å². The molecular formula is C29H39N7O6S. The zero-order valence-electron chi connectivity index (χ0n) is 24.2. The Morgan fingerprint density at radius 1 is 1.02 bits per heavy atom. The van der Waals surface area contributed by atoms with Gasteiger partial charge < -0.3 is 31.8 Å². The number of hydrogen-bond donors (Lipinski definition) is 7. The number of fused-ring (bicyclic) bond motifs is 1. The summed E-state index contributed by atoms with van der Waals surface area (Å²) in [6, 6.07) is 9.75. The molecular weight excluding hydrogens is 574 g/mol. The van der Waals surface area contributed by atoms with Crippen molar-refractivity contribution in [2.24, 2.45) is 11.5 Å². The Bertz CT molecular complexity index is 1550. The summed E-state index contributed by atoms with van der Waals surface area (Å²) in [5, 5.41) is 13.6. The monoisotopic (exact) mass is 613 g/mol. The quantitative estimate of drug-likeness (QED) is 0.0868. The van der Waals surface area contributed by atoms with Crippen molar-refractivity contribution in [1.29, 1.82) is 5.41 Å². The number of primary amides is 1. The molecule has 0 aliphatic heterocycles. The number of hydrogen-bond acceptors (Lipinski definition) is 7. The Balaban J connectivity index is 1.81. The zero-order valence-corrected chi connectivity index (χ0v) is 25.1. The highest BCUT2D eigenvalue weighted by Crippen LogP contribution is 2.25. The predicted molar refractivity (Wildman–Crippen MR) is 164 cm³/mol. The minimum absolute atomic E-state index is 0.0189. The highest BCUT2D eigenvalue weighted by atomic mass is 32.2. The van der Waals surface area contributed by atoms with E-state index < -0.39 is 39.8 Å². The summed E-state index contributed by atoms with van der Waals surface area (Å²) in [4.78, 5) is 41.3. The molecule has 14 heteroatoms. The van der Waals surface area contributed by atoms with Crippen molar-refractivity contribution in [2.75, 3.05) is 12.4 Å². The molecule has 0 saturated heterocycles.